The number of carbonyl (C=O) groups is 2. The molecule has 0 bridgehead atoms. The summed E-state index contributed by atoms with van der Waals surface area (Å²) in [6.45, 7) is 5.39. The maximum absolute atomic E-state index is 12.3. The molecule has 2 heterocycles. The molecule has 1 aliphatic rings. The molecule has 0 aliphatic carbocycles. The smallest absolute Gasteiger partial charge is 0.309 e. The van der Waals surface area contributed by atoms with Crippen molar-refractivity contribution in [3.05, 3.63) is 18.7 Å². The molecule has 1 aromatic rings. The van der Waals surface area contributed by atoms with Crippen molar-refractivity contribution < 1.29 is 14.7 Å². The summed E-state index contributed by atoms with van der Waals surface area (Å²) >= 11 is 0. The Labute approximate surface area is 124 Å². The molecular formula is C15H23N3O3. The highest BCUT2D eigenvalue weighted by Gasteiger charge is 2.39. The molecule has 2 rings (SSSR count). The highest BCUT2D eigenvalue weighted by atomic mass is 16.4. The Bertz CT molecular complexity index is 496. The van der Waals surface area contributed by atoms with Crippen molar-refractivity contribution >= 4 is 11.9 Å². The minimum Gasteiger partial charge on any atom is -0.481 e. The summed E-state index contributed by atoms with van der Waals surface area (Å²) in [5.41, 5.74) is -0.788. The topological polar surface area (TPSA) is 75.4 Å². The fraction of sp³-hybridized carbons (Fsp3) is 0.667. The van der Waals surface area contributed by atoms with E-state index in [1.807, 2.05) is 15.7 Å². The van der Waals surface area contributed by atoms with Crippen molar-refractivity contribution in [3.63, 3.8) is 0 Å². The standard InChI is InChI=1S/C15H23N3O3/c1-15(2,14(20)21)12-4-3-7-18(10-12)13(19)5-8-17-9-6-16-11-17/h6,9,11-12H,3-5,7-8,10H2,1-2H3,(H,20,21). The van der Waals surface area contributed by atoms with Gasteiger partial charge in [-0.3, -0.25) is 9.59 Å². The third-order valence-electron chi connectivity index (χ3n) is 4.49. The van der Waals surface area contributed by atoms with Gasteiger partial charge in [0.2, 0.25) is 5.91 Å². The molecule has 116 valence electrons. The molecule has 21 heavy (non-hydrogen) atoms. The molecule has 0 radical (unpaired) electrons. The number of imidazole rings is 1. The number of piperidine rings is 1. The first-order valence-electron chi connectivity index (χ1n) is 7.38. The molecule has 1 aromatic heterocycles. The first-order chi connectivity index (χ1) is 9.91. The summed E-state index contributed by atoms with van der Waals surface area (Å²) < 4.78 is 1.88. The van der Waals surface area contributed by atoms with Crippen LogP contribution in [0, 0.1) is 11.3 Å². The molecule has 1 fully saturated rings. The van der Waals surface area contributed by atoms with Crippen LogP contribution in [-0.4, -0.2) is 44.5 Å². The third kappa shape index (κ3) is 3.62. The van der Waals surface area contributed by atoms with Crippen LogP contribution >= 0.6 is 0 Å². The molecule has 0 aromatic carbocycles. The summed E-state index contributed by atoms with van der Waals surface area (Å²) in [4.78, 5) is 29.4. The molecule has 1 N–H and O–H groups in total. The van der Waals surface area contributed by atoms with Gasteiger partial charge in [-0.1, -0.05) is 0 Å². The molecule has 0 saturated carbocycles. The van der Waals surface area contributed by atoms with Gasteiger partial charge in [0.25, 0.3) is 0 Å². The Hall–Kier alpha value is -1.85. The Kier molecular flexibility index (Phi) is 4.65. The second-order valence-electron chi connectivity index (χ2n) is 6.26. The number of likely N-dealkylation sites (tertiary alicyclic amines) is 1. The molecule has 6 nitrogen and oxygen atoms in total. The summed E-state index contributed by atoms with van der Waals surface area (Å²) in [5.74, 6) is -0.684. The van der Waals surface area contributed by atoms with Gasteiger partial charge in [0.15, 0.2) is 0 Å². The molecule has 6 heteroatoms. The summed E-state index contributed by atoms with van der Waals surface area (Å²) in [6.07, 6.45) is 7.38. The molecular weight excluding hydrogens is 270 g/mol. The van der Waals surface area contributed by atoms with E-state index in [-0.39, 0.29) is 11.8 Å². The van der Waals surface area contributed by atoms with E-state index in [2.05, 4.69) is 4.98 Å². The zero-order chi connectivity index (χ0) is 15.5. The average molecular weight is 293 g/mol. The van der Waals surface area contributed by atoms with Crippen LogP contribution in [0.3, 0.4) is 0 Å². The molecule has 1 atom stereocenters. The zero-order valence-electron chi connectivity index (χ0n) is 12.7. The fourth-order valence-electron chi connectivity index (χ4n) is 2.77. The van der Waals surface area contributed by atoms with Gasteiger partial charge in [0.1, 0.15) is 0 Å². The number of carboxylic acid groups (broad SMARTS) is 1. The predicted octanol–water partition coefficient (Wildman–Crippen LogP) is 1.62. The Morgan fingerprint density at radius 3 is 2.81 bits per heavy atom. The van der Waals surface area contributed by atoms with E-state index in [0.29, 0.717) is 19.5 Å². The lowest BCUT2D eigenvalue weighted by molar-refractivity contribution is -0.153. The molecule has 1 unspecified atom stereocenters. The quantitative estimate of drug-likeness (QED) is 0.895. The minimum atomic E-state index is -0.791. The van der Waals surface area contributed by atoms with Crippen molar-refractivity contribution in [2.75, 3.05) is 13.1 Å². The van der Waals surface area contributed by atoms with Crippen LogP contribution in [0.4, 0.5) is 0 Å². The largest absolute Gasteiger partial charge is 0.481 e. The Morgan fingerprint density at radius 1 is 1.43 bits per heavy atom. The zero-order valence-corrected chi connectivity index (χ0v) is 12.7. The highest BCUT2D eigenvalue weighted by Crippen LogP contribution is 2.34. The lowest BCUT2D eigenvalue weighted by Crippen LogP contribution is -2.47. The minimum absolute atomic E-state index is 0.0148. The van der Waals surface area contributed by atoms with Gasteiger partial charge < -0.3 is 14.6 Å². The van der Waals surface area contributed by atoms with Crippen LogP contribution in [0.5, 0.6) is 0 Å². The maximum Gasteiger partial charge on any atom is 0.309 e. The summed E-state index contributed by atoms with van der Waals surface area (Å²) in [7, 11) is 0. The van der Waals surface area contributed by atoms with E-state index in [9.17, 15) is 14.7 Å². The number of hydrogen-bond donors (Lipinski definition) is 1. The van der Waals surface area contributed by atoms with E-state index in [0.717, 1.165) is 19.4 Å². The van der Waals surface area contributed by atoms with Gasteiger partial charge in [-0.25, -0.2) is 4.98 Å². The molecule has 1 saturated heterocycles. The van der Waals surface area contributed by atoms with Crippen molar-refractivity contribution in [2.45, 2.75) is 39.7 Å². The first-order valence-corrected chi connectivity index (χ1v) is 7.38. The van der Waals surface area contributed by atoms with Gasteiger partial charge in [-0.2, -0.15) is 0 Å². The summed E-state index contributed by atoms with van der Waals surface area (Å²) in [5, 5.41) is 9.33. The van der Waals surface area contributed by atoms with E-state index in [1.54, 1.807) is 26.4 Å². The number of rotatable bonds is 5. The summed E-state index contributed by atoms with van der Waals surface area (Å²) in [6, 6.07) is 0. The fourth-order valence-corrected chi connectivity index (χ4v) is 2.77. The van der Waals surface area contributed by atoms with Crippen LogP contribution in [0.1, 0.15) is 33.1 Å². The van der Waals surface area contributed by atoms with Gasteiger partial charge in [-0.15, -0.1) is 0 Å². The van der Waals surface area contributed by atoms with Crippen LogP contribution in [-0.2, 0) is 16.1 Å². The molecule has 1 aliphatic heterocycles. The number of aliphatic carboxylic acids is 1. The number of aryl methyl sites for hydroxylation is 1. The van der Waals surface area contributed by atoms with Crippen molar-refractivity contribution in [2.24, 2.45) is 11.3 Å². The predicted molar refractivity (Wildman–Crippen MR) is 77.6 cm³/mol. The van der Waals surface area contributed by atoms with Crippen molar-refractivity contribution in [1.29, 1.82) is 0 Å². The number of carboxylic acids is 1. The van der Waals surface area contributed by atoms with Gasteiger partial charge in [-0.05, 0) is 32.6 Å². The van der Waals surface area contributed by atoms with E-state index in [4.69, 9.17) is 0 Å². The van der Waals surface area contributed by atoms with Crippen molar-refractivity contribution in [1.82, 2.24) is 14.5 Å². The maximum atomic E-state index is 12.3. The van der Waals surface area contributed by atoms with E-state index < -0.39 is 11.4 Å². The van der Waals surface area contributed by atoms with Crippen LogP contribution < -0.4 is 0 Å². The van der Waals surface area contributed by atoms with Gasteiger partial charge in [0.05, 0.1) is 11.7 Å². The Morgan fingerprint density at radius 2 is 2.19 bits per heavy atom. The number of amides is 1. The van der Waals surface area contributed by atoms with Crippen LogP contribution in [0.15, 0.2) is 18.7 Å². The number of hydrogen-bond acceptors (Lipinski definition) is 3. The normalized spacial score (nSPS) is 19.5. The second kappa shape index (κ2) is 6.28. The Balaban J connectivity index is 1.91. The lowest BCUT2D eigenvalue weighted by atomic mass is 9.74. The number of carbonyl (C=O) groups excluding carboxylic acids is 1. The van der Waals surface area contributed by atoms with E-state index >= 15 is 0 Å². The lowest BCUT2D eigenvalue weighted by Gasteiger charge is -2.39. The van der Waals surface area contributed by atoms with Gasteiger partial charge in [0, 0.05) is 38.4 Å². The average Bonchev–Trinajstić information content (AvgIpc) is 2.98. The monoisotopic (exact) mass is 293 g/mol. The molecule has 1 amide bonds. The highest BCUT2D eigenvalue weighted by molar-refractivity contribution is 5.77. The van der Waals surface area contributed by atoms with Gasteiger partial charge >= 0.3 is 5.97 Å². The number of nitrogens with zero attached hydrogens (tertiary/aromatic N) is 3. The van der Waals surface area contributed by atoms with Crippen LogP contribution in [0.2, 0.25) is 0 Å². The SMILES string of the molecule is CC(C)(C(=O)O)C1CCCN(C(=O)CCn2ccnc2)C1. The molecule has 0 spiro atoms. The van der Waals surface area contributed by atoms with Crippen LogP contribution in [0.25, 0.3) is 0 Å². The van der Waals surface area contributed by atoms with Crippen molar-refractivity contribution in [3.8, 4) is 0 Å². The number of aromatic nitrogens is 2. The first kappa shape index (κ1) is 15.5. The second-order valence-corrected chi connectivity index (χ2v) is 6.26. The third-order valence-corrected chi connectivity index (χ3v) is 4.49. The van der Waals surface area contributed by atoms with E-state index in [1.165, 1.54) is 0 Å².